The molecule has 0 radical (unpaired) electrons. The van der Waals surface area contributed by atoms with E-state index in [1.54, 1.807) is 0 Å². The number of hydrogen-bond donors (Lipinski definition) is 0. The van der Waals surface area contributed by atoms with Gasteiger partial charge in [-0.2, -0.15) is 0 Å². The second kappa shape index (κ2) is 14.9. The average Bonchev–Trinajstić information content (AvgIpc) is 3.87. The molecule has 1 aliphatic rings. The van der Waals surface area contributed by atoms with Crippen LogP contribution in [0.3, 0.4) is 0 Å². The van der Waals surface area contributed by atoms with Gasteiger partial charge in [-0.3, -0.25) is 0 Å². The molecule has 0 amide bonds. The standard InChI is InChI=1S/C58H40N4/c1-4-14-39(15-5-1)40-24-26-41(27-25-40)52-38-53(60-58(59-52)43-16-6-2-7-17-43)42-28-32-47(33-29-42)62-55-23-13-11-21-49(55)51-37-45(31-35-57(51)62)44-30-34-56-50(36-44)48-20-10-12-22-54(48)61(56)46-18-8-3-9-19-46/h1-11,13-21,23-38H,12,22H2. The van der Waals surface area contributed by atoms with Crippen LogP contribution in [0.25, 0.3) is 106 Å². The Morgan fingerprint density at radius 3 is 1.55 bits per heavy atom. The van der Waals surface area contributed by atoms with Crippen molar-refractivity contribution in [2.45, 2.75) is 12.8 Å². The van der Waals surface area contributed by atoms with E-state index in [4.69, 9.17) is 9.97 Å². The van der Waals surface area contributed by atoms with Crippen molar-refractivity contribution in [3.05, 3.63) is 224 Å². The lowest BCUT2D eigenvalue weighted by Gasteiger charge is -2.13. The van der Waals surface area contributed by atoms with Crippen LogP contribution in [0, 0.1) is 0 Å². The Hall–Kier alpha value is -8.08. The SMILES string of the molecule is C1=Cc2c(n(-c3ccccc3)c3ccc(-c4ccc5c(c4)c4ccccc4n5-c4ccc(-c5cc(-c6ccc(-c7ccccc7)cc6)nc(-c6ccccc6)n5)cc4)cc23)CC1. The van der Waals surface area contributed by atoms with E-state index in [2.05, 4.69) is 203 Å². The zero-order chi connectivity index (χ0) is 41.0. The molecule has 12 rings (SSSR count). The van der Waals surface area contributed by atoms with Gasteiger partial charge < -0.3 is 9.13 Å². The van der Waals surface area contributed by atoms with Crippen LogP contribution in [-0.2, 0) is 6.42 Å². The van der Waals surface area contributed by atoms with Gasteiger partial charge in [0.25, 0.3) is 0 Å². The molecule has 0 unspecified atom stereocenters. The van der Waals surface area contributed by atoms with Gasteiger partial charge >= 0.3 is 0 Å². The van der Waals surface area contributed by atoms with E-state index in [9.17, 15) is 0 Å². The molecule has 0 fully saturated rings. The number of fused-ring (bicyclic) bond motifs is 6. The summed E-state index contributed by atoms with van der Waals surface area (Å²) in [5.41, 5.74) is 18.3. The number of allylic oxidation sites excluding steroid dienone is 1. The first-order valence-electron chi connectivity index (χ1n) is 21.4. The number of nitrogens with zero attached hydrogens (tertiary/aromatic N) is 4. The molecule has 4 heteroatoms. The van der Waals surface area contributed by atoms with Crippen LogP contribution < -0.4 is 0 Å². The second-order valence-corrected chi connectivity index (χ2v) is 16.1. The fourth-order valence-corrected chi connectivity index (χ4v) is 9.41. The van der Waals surface area contributed by atoms with E-state index in [-0.39, 0.29) is 0 Å². The molecule has 0 aliphatic heterocycles. The Labute approximate surface area is 360 Å². The minimum atomic E-state index is 0.705. The Morgan fingerprint density at radius 2 is 0.855 bits per heavy atom. The minimum Gasteiger partial charge on any atom is -0.313 e. The summed E-state index contributed by atoms with van der Waals surface area (Å²) in [7, 11) is 0. The van der Waals surface area contributed by atoms with E-state index in [0.29, 0.717) is 5.82 Å². The van der Waals surface area contributed by atoms with Gasteiger partial charge in [0.2, 0.25) is 0 Å². The number of benzene rings is 8. The summed E-state index contributed by atoms with van der Waals surface area (Å²) < 4.78 is 4.84. The molecule has 11 aromatic rings. The first kappa shape index (κ1) is 35.8. The lowest BCUT2D eigenvalue weighted by Crippen LogP contribution is -2.02. The summed E-state index contributed by atoms with van der Waals surface area (Å²) in [4.78, 5) is 10.2. The van der Waals surface area contributed by atoms with Crippen molar-refractivity contribution in [2.24, 2.45) is 0 Å². The molecular formula is C58H40N4. The van der Waals surface area contributed by atoms with E-state index >= 15 is 0 Å². The van der Waals surface area contributed by atoms with Gasteiger partial charge in [-0.05, 0) is 95.8 Å². The topological polar surface area (TPSA) is 35.6 Å². The average molecular weight is 793 g/mol. The summed E-state index contributed by atoms with van der Waals surface area (Å²) in [6.07, 6.45) is 6.74. The molecule has 3 aromatic heterocycles. The highest BCUT2D eigenvalue weighted by Gasteiger charge is 2.20. The Morgan fingerprint density at radius 1 is 0.355 bits per heavy atom. The van der Waals surface area contributed by atoms with Crippen molar-refractivity contribution < 1.29 is 0 Å². The molecule has 0 N–H and O–H groups in total. The van der Waals surface area contributed by atoms with Crippen molar-refractivity contribution >= 4 is 38.8 Å². The number of hydrogen-bond acceptors (Lipinski definition) is 2. The summed E-state index contributed by atoms with van der Waals surface area (Å²) in [6, 6.07) is 73.8. The van der Waals surface area contributed by atoms with Gasteiger partial charge in [0.1, 0.15) is 0 Å². The predicted molar refractivity (Wildman–Crippen MR) is 258 cm³/mol. The van der Waals surface area contributed by atoms with Crippen molar-refractivity contribution in [3.63, 3.8) is 0 Å². The first-order chi connectivity index (χ1) is 30.7. The molecule has 1 aliphatic carbocycles. The number of aromatic nitrogens is 4. The molecular weight excluding hydrogens is 753 g/mol. The smallest absolute Gasteiger partial charge is 0.160 e. The maximum atomic E-state index is 5.13. The van der Waals surface area contributed by atoms with Crippen LogP contribution in [-0.4, -0.2) is 19.1 Å². The van der Waals surface area contributed by atoms with E-state index in [1.165, 1.54) is 71.9 Å². The van der Waals surface area contributed by atoms with Gasteiger partial charge in [0, 0.05) is 55.5 Å². The molecule has 0 saturated heterocycles. The highest BCUT2D eigenvalue weighted by Crippen LogP contribution is 2.39. The normalized spacial score (nSPS) is 12.3. The predicted octanol–water partition coefficient (Wildman–Crippen LogP) is 14.8. The molecule has 292 valence electrons. The third-order valence-corrected chi connectivity index (χ3v) is 12.4. The molecule has 0 bridgehead atoms. The van der Waals surface area contributed by atoms with E-state index < -0.39 is 0 Å². The highest BCUT2D eigenvalue weighted by molar-refractivity contribution is 6.10. The highest BCUT2D eigenvalue weighted by atomic mass is 15.0. The fraction of sp³-hybridized carbons (Fsp3) is 0.0345. The van der Waals surface area contributed by atoms with Crippen LogP contribution in [0.4, 0.5) is 0 Å². The number of para-hydroxylation sites is 2. The fourth-order valence-electron chi connectivity index (χ4n) is 9.41. The van der Waals surface area contributed by atoms with Crippen molar-refractivity contribution in [2.75, 3.05) is 0 Å². The van der Waals surface area contributed by atoms with Crippen molar-refractivity contribution in [3.8, 4) is 67.5 Å². The molecule has 62 heavy (non-hydrogen) atoms. The third-order valence-electron chi connectivity index (χ3n) is 12.4. The van der Waals surface area contributed by atoms with Crippen molar-refractivity contribution in [1.29, 1.82) is 0 Å². The Kier molecular flexibility index (Phi) is 8.60. The van der Waals surface area contributed by atoms with Crippen LogP contribution >= 0.6 is 0 Å². The van der Waals surface area contributed by atoms with Crippen molar-refractivity contribution in [1.82, 2.24) is 19.1 Å². The van der Waals surface area contributed by atoms with Gasteiger partial charge in [0.05, 0.1) is 27.9 Å². The Bertz CT molecular complexity index is 3470. The largest absolute Gasteiger partial charge is 0.313 e. The Balaban J connectivity index is 0.925. The maximum absolute atomic E-state index is 5.13. The zero-order valence-electron chi connectivity index (χ0n) is 34.0. The summed E-state index contributed by atoms with van der Waals surface area (Å²) in [5, 5.41) is 3.76. The molecule has 0 saturated carbocycles. The molecule has 4 nitrogen and oxygen atoms in total. The van der Waals surface area contributed by atoms with Gasteiger partial charge in [-0.1, -0.05) is 158 Å². The van der Waals surface area contributed by atoms with E-state index in [0.717, 1.165) is 46.6 Å². The van der Waals surface area contributed by atoms with Gasteiger partial charge in [0.15, 0.2) is 5.82 Å². The van der Waals surface area contributed by atoms with Crippen LogP contribution in [0.1, 0.15) is 17.7 Å². The third kappa shape index (κ3) is 6.15. The molecule has 0 atom stereocenters. The van der Waals surface area contributed by atoms with Crippen LogP contribution in [0.2, 0.25) is 0 Å². The summed E-state index contributed by atoms with van der Waals surface area (Å²) in [5.74, 6) is 0.705. The molecule has 8 aromatic carbocycles. The molecule has 3 heterocycles. The quantitative estimate of drug-likeness (QED) is 0.161. The second-order valence-electron chi connectivity index (χ2n) is 16.1. The van der Waals surface area contributed by atoms with Gasteiger partial charge in [-0.15, -0.1) is 0 Å². The zero-order valence-corrected chi connectivity index (χ0v) is 34.0. The van der Waals surface area contributed by atoms with Crippen LogP contribution in [0.5, 0.6) is 0 Å². The van der Waals surface area contributed by atoms with E-state index in [1.807, 2.05) is 24.3 Å². The summed E-state index contributed by atoms with van der Waals surface area (Å²) in [6.45, 7) is 0. The maximum Gasteiger partial charge on any atom is 0.160 e. The lowest BCUT2D eigenvalue weighted by atomic mass is 9.98. The van der Waals surface area contributed by atoms with Gasteiger partial charge in [-0.25, -0.2) is 9.97 Å². The lowest BCUT2D eigenvalue weighted by molar-refractivity contribution is 0.888. The minimum absolute atomic E-state index is 0.705. The monoisotopic (exact) mass is 792 g/mol. The van der Waals surface area contributed by atoms with Crippen LogP contribution in [0.15, 0.2) is 212 Å². The first-order valence-corrected chi connectivity index (χ1v) is 21.4. The molecule has 0 spiro atoms. The summed E-state index contributed by atoms with van der Waals surface area (Å²) >= 11 is 0. The number of rotatable bonds is 7.